The van der Waals surface area contributed by atoms with Crippen molar-refractivity contribution in [2.45, 2.75) is 6.92 Å². The summed E-state index contributed by atoms with van der Waals surface area (Å²) >= 11 is 3.34. The highest BCUT2D eigenvalue weighted by molar-refractivity contribution is 9.10. The van der Waals surface area contributed by atoms with E-state index in [1.54, 1.807) is 19.1 Å². The van der Waals surface area contributed by atoms with Crippen LogP contribution < -0.4 is 5.73 Å². The minimum atomic E-state index is -0.386. The van der Waals surface area contributed by atoms with Gasteiger partial charge in [-0.3, -0.25) is 0 Å². The fourth-order valence-corrected chi connectivity index (χ4v) is 1.88. The normalized spacial score (nSPS) is 10.6. The van der Waals surface area contributed by atoms with Crippen LogP contribution >= 0.6 is 15.9 Å². The number of hydrogen-bond donors (Lipinski definition) is 2. The van der Waals surface area contributed by atoms with Crippen LogP contribution in [0.3, 0.4) is 0 Å². The van der Waals surface area contributed by atoms with Gasteiger partial charge < -0.3 is 15.5 Å². The number of carbonyl (C=O) groups is 1. The summed E-state index contributed by atoms with van der Waals surface area (Å²) in [5, 5.41) is 0. The summed E-state index contributed by atoms with van der Waals surface area (Å²) in [5.74, 6) is -0.115. The molecular formula is C10H10BrN3O2. The second kappa shape index (κ2) is 4.13. The number of nitrogen functional groups attached to an aromatic ring is 1. The number of halogens is 1. The number of fused-ring (bicyclic) bond motifs is 1. The molecule has 0 unspecified atom stereocenters. The molecule has 3 N–H and O–H groups in total. The number of benzene rings is 1. The van der Waals surface area contributed by atoms with Gasteiger partial charge in [-0.05, 0) is 35.0 Å². The Labute approximate surface area is 100 Å². The van der Waals surface area contributed by atoms with Gasteiger partial charge in [0.05, 0.1) is 17.7 Å². The van der Waals surface area contributed by atoms with Crippen LogP contribution in [0, 0.1) is 0 Å². The van der Waals surface area contributed by atoms with Crippen LogP contribution in [0.1, 0.15) is 17.3 Å². The van der Waals surface area contributed by atoms with Gasteiger partial charge in [0.25, 0.3) is 0 Å². The maximum Gasteiger partial charge on any atom is 0.340 e. The molecule has 16 heavy (non-hydrogen) atoms. The van der Waals surface area contributed by atoms with Gasteiger partial charge in [0.2, 0.25) is 0 Å². The zero-order chi connectivity index (χ0) is 11.7. The van der Waals surface area contributed by atoms with Crippen LogP contribution in [-0.2, 0) is 4.74 Å². The number of carbonyl (C=O) groups excluding carboxylic acids is 1. The fourth-order valence-electron chi connectivity index (χ4n) is 1.46. The molecule has 0 aliphatic carbocycles. The molecule has 0 amide bonds. The largest absolute Gasteiger partial charge is 0.462 e. The zero-order valence-electron chi connectivity index (χ0n) is 8.58. The molecule has 1 heterocycles. The topological polar surface area (TPSA) is 81.0 Å². The summed E-state index contributed by atoms with van der Waals surface area (Å²) in [6.07, 6.45) is 0. The molecule has 0 radical (unpaired) electrons. The molecule has 84 valence electrons. The first kappa shape index (κ1) is 10.9. The Morgan fingerprint density at radius 2 is 2.38 bits per heavy atom. The highest BCUT2D eigenvalue weighted by atomic mass is 79.9. The van der Waals surface area contributed by atoms with Crippen molar-refractivity contribution in [1.82, 2.24) is 9.97 Å². The molecule has 5 nitrogen and oxygen atoms in total. The highest BCUT2D eigenvalue weighted by Gasteiger charge is 2.15. The average Bonchev–Trinajstić information content (AvgIpc) is 2.61. The minimum absolute atomic E-state index is 0.271. The van der Waals surface area contributed by atoms with Crippen LogP contribution in [0.5, 0.6) is 0 Å². The van der Waals surface area contributed by atoms with Gasteiger partial charge in [0.15, 0.2) is 5.95 Å². The van der Waals surface area contributed by atoms with E-state index in [1.165, 1.54) is 0 Å². The van der Waals surface area contributed by atoms with E-state index in [0.29, 0.717) is 23.2 Å². The Balaban J connectivity index is 2.62. The Morgan fingerprint density at radius 1 is 1.62 bits per heavy atom. The molecule has 0 bridgehead atoms. The molecule has 0 fully saturated rings. The second-order valence-corrected chi connectivity index (χ2v) is 4.02. The molecule has 1 aromatic heterocycles. The summed E-state index contributed by atoms with van der Waals surface area (Å²) < 4.78 is 5.72. The van der Waals surface area contributed by atoms with Crippen LogP contribution in [0.4, 0.5) is 5.95 Å². The summed E-state index contributed by atoms with van der Waals surface area (Å²) in [7, 11) is 0. The quantitative estimate of drug-likeness (QED) is 0.827. The third-order valence-corrected chi connectivity index (χ3v) is 2.75. The first-order valence-corrected chi connectivity index (χ1v) is 5.53. The third kappa shape index (κ3) is 1.76. The molecule has 0 aliphatic rings. The van der Waals surface area contributed by atoms with E-state index >= 15 is 0 Å². The number of ether oxygens (including phenoxy) is 1. The number of nitrogens with one attached hydrogen (secondary N) is 1. The number of H-pyrrole nitrogens is 1. The lowest BCUT2D eigenvalue weighted by atomic mass is 10.2. The predicted molar refractivity (Wildman–Crippen MR) is 64.2 cm³/mol. The Hall–Kier alpha value is -1.56. The molecule has 2 aromatic rings. The van der Waals surface area contributed by atoms with E-state index in [9.17, 15) is 4.79 Å². The first-order chi connectivity index (χ1) is 7.63. The van der Waals surface area contributed by atoms with Crippen molar-refractivity contribution in [3.05, 3.63) is 22.2 Å². The SMILES string of the molecule is CCOC(=O)c1ccc(Br)c2nc(N)[nH]c12. The Morgan fingerprint density at radius 3 is 3.06 bits per heavy atom. The number of aromatic amines is 1. The molecule has 2 rings (SSSR count). The van der Waals surface area contributed by atoms with E-state index in [2.05, 4.69) is 25.9 Å². The van der Waals surface area contributed by atoms with Crippen molar-refractivity contribution in [1.29, 1.82) is 0 Å². The van der Waals surface area contributed by atoms with Crippen molar-refractivity contribution < 1.29 is 9.53 Å². The van der Waals surface area contributed by atoms with Gasteiger partial charge in [-0.2, -0.15) is 0 Å². The zero-order valence-corrected chi connectivity index (χ0v) is 10.2. The Bertz CT molecular complexity index is 550. The second-order valence-electron chi connectivity index (χ2n) is 3.16. The Kier molecular flexibility index (Phi) is 2.82. The standard InChI is InChI=1S/C10H10BrN3O2/c1-2-16-9(15)5-3-4-6(11)8-7(5)13-10(12)14-8/h3-4H,2H2,1H3,(H3,12,13,14). The number of imidazole rings is 1. The lowest BCUT2D eigenvalue weighted by Crippen LogP contribution is -2.05. The summed E-state index contributed by atoms with van der Waals surface area (Å²) in [4.78, 5) is 18.6. The maximum absolute atomic E-state index is 11.7. The monoisotopic (exact) mass is 283 g/mol. The number of esters is 1. The summed E-state index contributed by atoms with van der Waals surface area (Å²) in [6, 6.07) is 3.41. The lowest BCUT2D eigenvalue weighted by molar-refractivity contribution is 0.0528. The van der Waals surface area contributed by atoms with Crippen LogP contribution in [-0.4, -0.2) is 22.5 Å². The van der Waals surface area contributed by atoms with Crippen LogP contribution in [0.15, 0.2) is 16.6 Å². The van der Waals surface area contributed by atoms with Crippen LogP contribution in [0.25, 0.3) is 11.0 Å². The van der Waals surface area contributed by atoms with Gasteiger partial charge in [0, 0.05) is 4.47 Å². The molecule has 0 spiro atoms. The molecule has 0 saturated carbocycles. The van der Waals surface area contributed by atoms with Gasteiger partial charge >= 0.3 is 5.97 Å². The average molecular weight is 284 g/mol. The number of rotatable bonds is 2. The van der Waals surface area contributed by atoms with E-state index in [-0.39, 0.29) is 11.9 Å². The van der Waals surface area contributed by atoms with Crippen molar-refractivity contribution in [2.24, 2.45) is 0 Å². The van der Waals surface area contributed by atoms with Crippen LogP contribution in [0.2, 0.25) is 0 Å². The van der Waals surface area contributed by atoms with Crippen molar-refractivity contribution in [3.8, 4) is 0 Å². The number of nitrogens with zero attached hydrogens (tertiary/aromatic N) is 1. The molecule has 0 atom stereocenters. The van der Waals surface area contributed by atoms with E-state index in [1.807, 2.05) is 0 Å². The van der Waals surface area contributed by atoms with Crippen molar-refractivity contribution in [2.75, 3.05) is 12.3 Å². The molecular weight excluding hydrogens is 274 g/mol. The fraction of sp³-hybridized carbons (Fsp3) is 0.200. The molecule has 1 aromatic carbocycles. The highest BCUT2D eigenvalue weighted by Crippen LogP contribution is 2.26. The number of nitrogens with two attached hydrogens (primary N) is 1. The summed E-state index contributed by atoms with van der Waals surface area (Å²) in [5.41, 5.74) is 7.21. The predicted octanol–water partition coefficient (Wildman–Crippen LogP) is 2.08. The summed E-state index contributed by atoms with van der Waals surface area (Å²) in [6.45, 7) is 2.09. The third-order valence-electron chi connectivity index (χ3n) is 2.11. The number of aromatic nitrogens is 2. The maximum atomic E-state index is 11.7. The molecule has 6 heteroatoms. The van der Waals surface area contributed by atoms with Gasteiger partial charge in [-0.25, -0.2) is 9.78 Å². The van der Waals surface area contributed by atoms with Crippen molar-refractivity contribution in [3.63, 3.8) is 0 Å². The number of hydrogen-bond acceptors (Lipinski definition) is 4. The smallest absolute Gasteiger partial charge is 0.340 e. The van der Waals surface area contributed by atoms with E-state index in [0.717, 1.165) is 4.47 Å². The van der Waals surface area contributed by atoms with E-state index < -0.39 is 0 Å². The molecule has 0 aliphatic heterocycles. The molecule has 0 saturated heterocycles. The van der Waals surface area contributed by atoms with E-state index in [4.69, 9.17) is 10.5 Å². The van der Waals surface area contributed by atoms with Gasteiger partial charge in [-0.15, -0.1) is 0 Å². The first-order valence-electron chi connectivity index (χ1n) is 4.74. The number of anilines is 1. The van der Waals surface area contributed by atoms with Crippen molar-refractivity contribution >= 4 is 38.9 Å². The lowest BCUT2D eigenvalue weighted by Gasteiger charge is -2.03. The van der Waals surface area contributed by atoms with Gasteiger partial charge in [0.1, 0.15) is 5.52 Å². The minimum Gasteiger partial charge on any atom is -0.462 e. The van der Waals surface area contributed by atoms with Gasteiger partial charge in [-0.1, -0.05) is 0 Å².